The predicted octanol–water partition coefficient (Wildman–Crippen LogP) is 2.89. The zero-order chi connectivity index (χ0) is 14.4. The van der Waals surface area contributed by atoms with Gasteiger partial charge in [0.15, 0.2) is 11.6 Å². The molecule has 1 rings (SSSR count). The van der Waals surface area contributed by atoms with Crippen molar-refractivity contribution < 1.29 is 14.2 Å². The van der Waals surface area contributed by atoms with Crippen LogP contribution >= 0.6 is 0 Å². The quantitative estimate of drug-likeness (QED) is 0.799. The summed E-state index contributed by atoms with van der Waals surface area (Å²) in [6, 6.07) is 4.94. The average molecular weight is 269 g/mol. The maximum atomic E-state index is 13.6. The van der Waals surface area contributed by atoms with E-state index < -0.39 is 0 Å². The number of halogens is 1. The van der Waals surface area contributed by atoms with E-state index in [9.17, 15) is 9.50 Å². The fourth-order valence-corrected chi connectivity index (χ4v) is 2.17. The molecule has 3 nitrogen and oxygen atoms in total. The van der Waals surface area contributed by atoms with Crippen molar-refractivity contribution in [3.63, 3.8) is 0 Å². The third kappa shape index (κ3) is 4.80. The number of hydrogen-bond acceptors (Lipinski definition) is 3. The second-order valence-electron chi connectivity index (χ2n) is 5.29. The van der Waals surface area contributed by atoms with Crippen LogP contribution in [0.15, 0.2) is 18.2 Å². The van der Waals surface area contributed by atoms with Gasteiger partial charge in [0, 0.05) is 12.1 Å². The van der Waals surface area contributed by atoms with E-state index in [-0.39, 0.29) is 30.3 Å². The number of methoxy groups -OCH3 is 1. The molecule has 2 atom stereocenters. The molecular weight excluding hydrogens is 245 g/mol. The van der Waals surface area contributed by atoms with Gasteiger partial charge >= 0.3 is 0 Å². The molecule has 0 heterocycles. The maximum Gasteiger partial charge on any atom is 0.165 e. The minimum absolute atomic E-state index is 0.0173. The van der Waals surface area contributed by atoms with Gasteiger partial charge in [-0.3, -0.25) is 0 Å². The zero-order valence-electron chi connectivity index (χ0n) is 12.1. The number of hydrogen-bond donors (Lipinski definition) is 2. The van der Waals surface area contributed by atoms with Crippen LogP contribution in [0, 0.1) is 11.7 Å². The van der Waals surface area contributed by atoms with E-state index >= 15 is 0 Å². The highest BCUT2D eigenvalue weighted by Crippen LogP contribution is 2.22. The fourth-order valence-electron chi connectivity index (χ4n) is 2.17. The smallest absolute Gasteiger partial charge is 0.165 e. The molecule has 0 aromatic heterocycles. The first-order chi connectivity index (χ1) is 8.97. The Morgan fingerprint density at radius 2 is 2.00 bits per heavy atom. The first-order valence-corrected chi connectivity index (χ1v) is 6.68. The van der Waals surface area contributed by atoms with Crippen LogP contribution in [0.2, 0.25) is 0 Å². The van der Waals surface area contributed by atoms with Gasteiger partial charge in [-0.25, -0.2) is 4.39 Å². The molecule has 0 bridgehead atoms. The number of benzene rings is 1. The molecule has 4 heteroatoms. The minimum atomic E-state index is -0.363. The van der Waals surface area contributed by atoms with Gasteiger partial charge in [0.1, 0.15) is 0 Å². The molecule has 0 saturated heterocycles. The van der Waals surface area contributed by atoms with Crippen molar-refractivity contribution >= 4 is 0 Å². The lowest BCUT2D eigenvalue weighted by Crippen LogP contribution is -2.35. The molecule has 0 saturated carbocycles. The molecule has 0 spiro atoms. The van der Waals surface area contributed by atoms with Crippen LogP contribution in [0.4, 0.5) is 4.39 Å². The molecule has 2 unspecified atom stereocenters. The topological polar surface area (TPSA) is 41.5 Å². The van der Waals surface area contributed by atoms with Gasteiger partial charge in [-0.05, 0) is 37.0 Å². The standard InChI is InChI=1S/C15H24FNO2/c1-10(2)7-13(9-18)17-11(3)12-5-6-15(19-4)14(16)8-12/h5-6,8,10-11,13,17-18H,7,9H2,1-4H3. The first-order valence-electron chi connectivity index (χ1n) is 6.68. The van der Waals surface area contributed by atoms with Crippen molar-refractivity contribution in [3.05, 3.63) is 29.6 Å². The largest absolute Gasteiger partial charge is 0.494 e. The molecule has 1 aromatic carbocycles. The van der Waals surface area contributed by atoms with Crippen LogP contribution in [0.3, 0.4) is 0 Å². The summed E-state index contributed by atoms with van der Waals surface area (Å²) in [7, 11) is 1.45. The highest BCUT2D eigenvalue weighted by Gasteiger charge is 2.15. The Morgan fingerprint density at radius 1 is 1.32 bits per heavy atom. The average Bonchev–Trinajstić information content (AvgIpc) is 2.37. The van der Waals surface area contributed by atoms with Crippen molar-refractivity contribution in [1.82, 2.24) is 5.32 Å². The van der Waals surface area contributed by atoms with E-state index in [1.54, 1.807) is 6.07 Å². The third-order valence-corrected chi connectivity index (χ3v) is 3.14. The Balaban J connectivity index is 2.71. The van der Waals surface area contributed by atoms with Crippen LogP contribution in [0.5, 0.6) is 5.75 Å². The lowest BCUT2D eigenvalue weighted by atomic mass is 10.0. The number of aliphatic hydroxyl groups excluding tert-OH is 1. The summed E-state index contributed by atoms with van der Waals surface area (Å²) in [5.74, 6) is 0.388. The zero-order valence-corrected chi connectivity index (χ0v) is 12.1. The van der Waals surface area contributed by atoms with Crippen molar-refractivity contribution in [1.29, 1.82) is 0 Å². The Hall–Kier alpha value is -1.13. The number of ether oxygens (including phenoxy) is 1. The second kappa shape index (κ2) is 7.46. The van der Waals surface area contributed by atoms with Crippen molar-refractivity contribution in [2.24, 2.45) is 5.92 Å². The molecule has 0 aliphatic heterocycles. The van der Waals surface area contributed by atoms with Gasteiger partial charge in [-0.2, -0.15) is 0 Å². The van der Waals surface area contributed by atoms with Gasteiger partial charge in [0.25, 0.3) is 0 Å². The van der Waals surface area contributed by atoms with Crippen LogP contribution < -0.4 is 10.1 Å². The van der Waals surface area contributed by atoms with Crippen LogP contribution in [-0.4, -0.2) is 24.9 Å². The Labute approximate surface area is 114 Å². The van der Waals surface area contributed by atoms with Crippen LogP contribution in [0.25, 0.3) is 0 Å². The van der Waals surface area contributed by atoms with E-state index in [0.717, 1.165) is 12.0 Å². The lowest BCUT2D eigenvalue weighted by Gasteiger charge is -2.23. The van der Waals surface area contributed by atoms with Gasteiger partial charge in [0.05, 0.1) is 13.7 Å². The van der Waals surface area contributed by atoms with Crippen LogP contribution in [0.1, 0.15) is 38.8 Å². The molecule has 2 N–H and O–H groups in total. The Morgan fingerprint density at radius 3 is 2.47 bits per heavy atom. The van der Waals surface area contributed by atoms with Gasteiger partial charge in [0.2, 0.25) is 0 Å². The predicted molar refractivity (Wildman–Crippen MR) is 74.8 cm³/mol. The molecule has 108 valence electrons. The van der Waals surface area contributed by atoms with Crippen molar-refractivity contribution in [3.8, 4) is 5.75 Å². The van der Waals surface area contributed by atoms with E-state index in [1.165, 1.54) is 13.2 Å². The molecule has 0 fully saturated rings. The maximum absolute atomic E-state index is 13.6. The third-order valence-electron chi connectivity index (χ3n) is 3.14. The van der Waals surface area contributed by atoms with Gasteiger partial charge < -0.3 is 15.2 Å². The second-order valence-corrected chi connectivity index (χ2v) is 5.29. The van der Waals surface area contributed by atoms with Crippen molar-refractivity contribution in [2.45, 2.75) is 39.3 Å². The molecule has 1 aromatic rings. The molecule has 0 radical (unpaired) electrons. The van der Waals surface area contributed by atoms with E-state index in [0.29, 0.717) is 5.92 Å². The first kappa shape index (κ1) is 15.9. The highest BCUT2D eigenvalue weighted by atomic mass is 19.1. The SMILES string of the molecule is COc1ccc(C(C)NC(CO)CC(C)C)cc1F. The van der Waals surface area contributed by atoms with Gasteiger partial charge in [-0.15, -0.1) is 0 Å². The van der Waals surface area contributed by atoms with E-state index in [4.69, 9.17) is 4.74 Å². The number of rotatable bonds is 7. The summed E-state index contributed by atoms with van der Waals surface area (Å²) in [6.45, 7) is 6.27. The van der Waals surface area contributed by atoms with Crippen LogP contribution in [-0.2, 0) is 0 Å². The lowest BCUT2D eigenvalue weighted by molar-refractivity contribution is 0.215. The summed E-state index contributed by atoms with van der Waals surface area (Å²) in [5, 5.41) is 12.7. The monoisotopic (exact) mass is 269 g/mol. The normalized spacial score (nSPS) is 14.5. The summed E-state index contributed by atoms with van der Waals surface area (Å²) in [4.78, 5) is 0. The van der Waals surface area contributed by atoms with Gasteiger partial charge in [-0.1, -0.05) is 19.9 Å². The summed E-state index contributed by atoms with van der Waals surface area (Å²) < 4.78 is 18.5. The number of nitrogens with one attached hydrogen (secondary N) is 1. The molecular formula is C15H24FNO2. The summed E-state index contributed by atoms with van der Waals surface area (Å²) in [5.41, 5.74) is 0.848. The number of aliphatic hydroxyl groups is 1. The molecule has 0 aliphatic rings. The van der Waals surface area contributed by atoms with E-state index in [2.05, 4.69) is 19.2 Å². The van der Waals surface area contributed by atoms with Crippen molar-refractivity contribution in [2.75, 3.05) is 13.7 Å². The highest BCUT2D eigenvalue weighted by molar-refractivity contribution is 5.30. The Kier molecular flexibility index (Phi) is 6.25. The Bertz CT molecular complexity index is 396. The molecule has 0 amide bonds. The minimum Gasteiger partial charge on any atom is -0.494 e. The molecule has 0 aliphatic carbocycles. The summed E-state index contributed by atoms with van der Waals surface area (Å²) in [6.07, 6.45) is 0.888. The fraction of sp³-hybridized carbons (Fsp3) is 0.600. The van der Waals surface area contributed by atoms with E-state index in [1.807, 2.05) is 13.0 Å². The molecule has 19 heavy (non-hydrogen) atoms. The summed E-state index contributed by atoms with van der Waals surface area (Å²) >= 11 is 0.